The van der Waals surface area contributed by atoms with Crippen molar-refractivity contribution in [1.82, 2.24) is 10.2 Å². The Balaban J connectivity index is 2.65. The maximum absolute atomic E-state index is 13.5. The molecule has 0 saturated heterocycles. The Morgan fingerprint density at radius 2 is 1.81 bits per heavy atom. The molecule has 0 bridgehead atoms. The Morgan fingerprint density at radius 1 is 1.12 bits per heavy atom. The minimum Gasteiger partial charge on any atom is -0.478 e. The zero-order valence-corrected chi connectivity index (χ0v) is 8.09. The summed E-state index contributed by atoms with van der Waals surface area (Å²) in [5.74, 6) is -1.65. The lowest BCUT2D eigenvalue weighted by Gasteiger charge is -2.05. The lowest BCUT2D eigenvalue weighted by Crippen LogP contribution is -2.02. The van der Waals surface area contributed by atoms with Gasteiger partial charge >= 0.3 is 5.97 Å². The van der Waals surface area contributed by atoms with Crippen molar-refractivity contribution < 1.29 is 14.3 Å². The van der Waals surface area contributed by atoms with Crippen LogP contribution in [0.15, 0.2) is 36.7 Å². The number of aromatic carboxylic acids is 1. The van der Waals surface area contributed by atoms with Crippen LogP contribution in [0.4, 0.5) is 4.39 Å². The van der Waals surface area contributed by atoms with Crippen LogP contribution in [0.5, 0.6) is 0 Å². The van der Waals surface area contributed by atoms with E-state index in [-0.39, 0.29) is 16.7 Å². The first-order valence-electron chi connectivity index (χ1n) is 4.49. The number of carboxylic acids is 1. The molecule has 0 fully saturated rings. The minimum absolute atomic E-state index is 0.0694. The molecule has 0 unspecified atom stereocenters. The van der Waals surface area contributed by atoms with E-state index in [0.717, 1.165) is 6.20 Å². The fourth-order valence-corrected chi connectivity index (χ4v) is 1.39. The smallest absolute Gasteiger partial charge is 0.338 e. The number of aromatic nitrogens is 2. The van der Waals surface area contributed by atoms with Crippen LogP contribution in [0.3, 0.4) is 0 Å². The van der Waals surface area contributed by atoms with Crippen molar-refractivity contribution in [3.63, 3.8) is 0 Å². The third kappa shape index (κ3) is 1.75. The van der Waals surface area contributed by atoms with Crippen LogP contribution in [-0.2, 0) is 0 Å². The van der Waals surface area contributed by atoms with Crippen LogP contribution in [0.25, 0.3) is 11.1 Å². The number of nitrogens with zero attached hydrogens (tertiary/aromatic N) is 2. The summed E-state index contributed by atoms with van der Waals surface area (Å²) in [6.45, 7) is 0. The van der Waals surface area contributed by atoms with Crippen molar-refractivity contribution in [3.05, 3.63) is 48.0 Å². The van der Waals surface area contributed by atoms with Gasteiger partial charge in [-0.2, -0.15) is 10.2 Å². The molecule has 2 rings (SSSR count). The molecule has 0 spiro atoms. The normalized spacial score (nSPS) is 10.1. The first-order valence-corrected chi connectivity index (χ1v) is 4.49. The second-order valence-corrected chi connectivity index (χ2v) is 3.10. The Bertz CT molecular complexity index is 543. The summed E-state index contributed by atoms with van der Waals surface area (Å²) in [7, 11) is 0. The molecule has 0 aliphatic rings. The van der Waals surface area contributed by atoms with Gasteiger partial charge in [0.05, 0.1) is 18.0 Å². The summed E-state index contributed by atoms with van der Waals surface area (Å²) in [5, 5.41) is 16.0. The van der Waals surface area contributed by atoms with E-state index in [1.165, 1.54) is 24.4 Å². The first-order chi connectivity index (χ1) is 7.70. The highest BCUT2D eigenvalue weighted by molar-refractivity contribution is 5.95. The number of hydrogen-bond acceptors (Lipinski definition) is 3. The largest absolute Gasteiger partial charge is 0.478 e. The van der Waals surface area contributed by atoms with Crippen molar-refractivity contribution in [3.8, 4) is 11.1 Å². The zero-order chi connectivity index (χ0) is 11.5. The van der Waals surface area contributed by atoms with Crippen molar-refractivity contribution in [1.29, 1.82) is 0 Å². The van der Waals surface area contributed by atoms with E-state index in [2.05, 4.69) is 10.2 Å². The van der Waals surface area contributed by atoms with Crippen molar-refractivity contribution in [2.45, 2.75) is 0 Å². The van der Waals surface area contributed by atoms with Gasteiger partial charge in [0, 0.05) is 11.1 Å². The summed E-state index contributed by atoms with van der Waals surface area (Å²) in [4.78, 5) is 10.9. The van der Waals surface area contributed by atoms with E-state index in [9.17, 15) is 9.18 Å². The molecule has 2 aromatic rings. The number of carbonyl (C=O) groups is 1. The monoisotopic (exact) mass is 218 g/mol. The molecule has 4 nitrogen and oxygen atoms in total. The summed E-state index contributed by atoms with van der Waals surface area (Å²) in [6, 6.07) is 5.93. The van der Waals surface area contributed by atoms with Crippen LogP contribution in [0.2, 0.25) is 0 Å². The second-order valence-electron chi connectivity index (χ2n) is 3.10. The van der Waals surface area contributed by atoms with Crippen LogP contribution in [-0.4, -0.2) is 21.3 Å². The Hall–Kier alpha value is -2.30. The van der Waals surface area contributed by atoms with E-state index in [1.807, 2.05) is 0 Å². The van der Waals surface area contributed by atoms with Gasteiger partial charge in [-0.15, -0.1) is 0 Å². The molecule has 0 aliphatic carbocycles. The third-order valence-electron chi connectivity index (χ3n) is 2.12. The van der Waals surface area contributed by atoms with Crippen molar-refractivity contribution >= 4 is 5.97 Å². The molecule has 0 atom stereocenters. The molecule has 1 aromatic carbocycles. The van der Waals surface area contributed by atoms with E-state index in [1.54, 1.807) is 6.07 Å². The fraction of sp³-hybridized carbons (Fsp3) is 0. The van der Waals surface area contributed by atoms with E-state index in [0.29, 0.717) is 0 Å². The van der Waals surface area contributed by atoms with Gasteiger partial charge < -0.3 is 5.11 Å². The molecule has 1 heterocycles. The van der Waals surface area contributed by atoms with Crippen molar-refractivity contribution in [2.75, 3.05) is 0 Å². The number of carboxylic acid groups (broad SMARTS) is 1. The quantitative estimate of drug-likeness (QED) is 0.837. The van der Waals surface area contributed by atoms with Crippen LogP contribution in [0.1, 0.15) is 10.4 Å². The number of rotatable bonds is 2. The molecule has 0 saturated carbocycles. The average molecular weight is 218 g/mol. The lowest BCUT2D eigenvalue weighted by atomic mass is 10.0. The SMILES string of the molecule is O=C(O)c1cnncc1-c1ccccc1F. The summed E-state index contributed by atoms with van der Waals surface area (Å²) in [6.07, 6.45) is 2.34. The lowest BCUT2D eigenvalue weighted by molar-refractivity contribution is 0.0697. The second kappa shape index (κ2) is 4.06. The molecule has 1 N–H and O–H groups in total. The highest BCUT2D eigenvalue weighted by Crippen LogP contribution is 2.24. The third-order valence-corrected chi connectivity index (χ3v) is 2.12. The molecule has 0 radical (unpaired) electrons. The van der Waals surface area contributed by atoms with E-state index in [4.69, 9.17) is 5.11 Å². The van der Waals surface area contributed by atoms with Gasteiger partial charge in [0.25, 0.3) is 0 Å². The summed E-state index contributed by atoms with van der Waals surface area (Å²) in [5.41, 5.74) is 0.357. The first kappa shape index (κ1) is 10.2. The van der Waals surface area contributed by atoms with Gasteiger partial charge in [-0.05, 0) is 6.07 Å². The van der Waals surface area contributed by atoms with Gasteiger partial charge in [0.15, 0.2) is 0 Å². The van der Waals surface area contributed by atoms with Crippen LogP contribution in [0, 0.1) is 5.82 Å². The summed E-state index contributed by atoms with van der Waals surface area (Å²) < 4.78 is 13.5. The zero-order valence-electron chi connectivity index (χ0n) is 8.09. The Labute approximate surface area is 90.4 Å². The van der Waals surface area contributed by atoms with Crippen molar-refractivity contribution in [2.24, 2.45) is 0 Å². The maximum atomic E-state index is 13.5. The molecule has 0 aliphatic heterocycles. The highest BCUT2D eigenvalue weighted by atomic mass is 19.1. The van der Waals surface area contributed by atoms with Crippen LogP contribution >= 0.6 is 0 Å². The molecular weight excluding hydrogens is 211 g/mol. The summed E-state index contributed by atoms with van der Waals surface area (Å²) >= 11 is 0. The van der Waals surface area contributed by atoms with Crippen LogP contribution < -0.4 is 0 Å². The average Bonchev–Trinajstić information content (AvgIpc) is 2.29. The Morgan fingerprint density at radius 3 is 2.50 bits per heavy atom. The highest BCUT2D eigenvalue weighted by Gasteiger charge is 2.14. The molecule has 5 heteroatoms. The molecular formula is C11H7FN2O2. The van der Waals surface area contributed by atoms with E-state index < -0.39 is 11.8 Å². The van der Waals surface area contributed by atoms with Gasteiger partial charge in [-0.25, -0.2) is 9.18 Å². The number of benzene rings is 1. The molecule has 1 aromatic heterocycles. The van der Waals surface area contributed by atoms with E-state index >= 15 is 0 Å². The van der Waals surface area contributed by atoms with Gasteiger partial charge in [-0.1, -0.05) is 18.2 Å². The standard InChI is InChI=1S/C11H7FN2O2/c12-10-4-2-1-3-7(10)8-5-13-14-6-9(8)11(15)16/h1-6H,(H,15,16). The topological polar surface area (TPSA) is 63.1 Å². The fourth-order valence-electron chi connectivity index (χ4n) is 1.39. The number of hydrogen-bond donors (Lipinski definition) is 1. The molecule has 16 heavy (non-hydrogen) atoms. The van der Waals surface area contributed by atoms with Gasteiger partial charge in [0.2, 0.25) is 0 Å². The predicted molar refractivity (Wildman–Crippen MR) is 54.4 cm³/mol. The Kier molecular flexibility index (Phi) is 2.59. The van der Waals surface area contributed by atoms with Gasteiger partial charge in [-0.3, -0.25) is 0 Å². The van der Waals surface area contributed by atoms with Gasteiger partial charge in [0.1, 0.15) is 5.82 Å². The maximum Gasteiger partial charge on any atom is 0.338 e. The number of halogens is 1. The minimum atomic E-state index is -1.16. The molecule has 0 amide bonds. The molecule has 80 valence electrons. The predicted octanol–water partition coefficient (Wildman–Crippen LogP) is 1.98.